The lowest BCUT2D eigenvalue weighted by molar-refractivity contribution is 0.153. The molecular formula is C9H14BrN3O2. The zero-order valence-electron chi connectivity index (χ0n) is 8.70. The van der Waals surface area contributed by atoms with E-state index in [-0.39, 0.29) is 12.6 Å². The second-order valence-corrected chi connectivity index (χ2v) is 3.91. The van der Waals surface area contributed by atoms with Crippen LogP contribution in [-0.2, 0) is 4.74 Å². The maximum atomic E-state index is 9.06. The second-order valence-electron chi connectivity index (χ2n) is 3.10. The van der Waals surface area contributed by atoms with Crippen molar-refractivity contribution in [2.75, 3.05) is 25.6 Å². The summed E-state index contributed by atoms with van der Waals surface area (Å²) >= 11 is 3.28. The van der Waals surface area contributed by atoms with Crippen molar-refractivity contribution >= 4 is 21.7 Å². The van der Waals surface area contributed by atoms with Gasteiger partial charge in [-0.25, -0.2) is 9.97 Å². The molecule has 1 heterocycles. The molecule has 1 rings (SSSR count). The first kappa shape index (κ1) is 12.4. The lowest BCUT2D eigenvalue weighted by Gasteiger charge is -2.15. The van der Waals surface area contributed by atoms with Crippen LogP contribution >= 0.6 is 15.9 Å². The minimum Gasteiger partial charge on any atom is -0.394 e. The topological polar surface area (TPSA) is 67.3 Å². The van der Waals surface area contributed by atoms with Gasteiger partial charge in [0.15, 0.2) is 0 Å². The van der Waals surface area contributed by atoms with Crippen molar-refractivity contribution in [1.29, 1.82) is 0 Å². The van der Waals surface area contributed by atoms with Gasteiger partial charge in [0.1, 0.15) is 16.2 Å². The molecule has 6 heteroatoms. The maximum Gasteiger partial charge on any atom is 0.131 e. The van der Waals surface area contributed by atoms with Gasteiger partial charge in [-0.05, 0) is 22.9 Å². The molecule has 0 aliphatic rings. The number of ether oxygens (including phenoxy) is 1. The van der Waals surface area contributed by atoms with E-state index < -0.39 is 0 Å². The zero-order chi connectivity index (χ0) is 11.3. The smallest absolute Gasteiger partial charge is 0.131 e. The standard InChI is InChI=1S/C9H14BrN3O2/c1-6-11-8(10)3-9(12-6)13-7(4-14)5-15-2/h3,7,14H,4-5H2,1-2H3,(H,11,12,13). The number of aliphatic hydroxyl groups is 1. The Bertz CT molecular complexity index is 302. The molecule has 0 radical (unpaired) electrons. The molecule has 15 heavy (non-hydrogen) atoms. The second kappa shape index (κ2) is 5.99. The van der Waals surface area contributed by atoms with Gasteiger partial charge in [-0.2, -0.15) is 0 Å². The summed E-state index contributed by atoms with van der Waals surface area (Å²) < 4.78 is 5.66. The van der Waals surface area contributed by atoms with Gasteiger partial charge in [-0.1, -0.05) is 0 Å². The van der Waals surface area contributed by atoms with E-state index in [1.807, 2.05) is 0 Å². The first-order chi connectivity index (χ1) is 7.15. The van der Waals surface area contributed by atoms with Crippen LogP contribution in [-0.4, -0.2) is 41.4 Å². The van der Waals surface area contributed by atoms with Gasteiger partial charge in [-0.15, -0.1) is 0 Å². The molecule has 0 aliphatic heterocycles. The number of rotatable bonds is 5. The fourth-order valence-corrected chi connectivity index (χ4v) is 1.63. The maximum absolute atomic E-state index is 9.06. The average molecular weight is 276 g/mol. The van der Waals surface area contributed by atoms with E-state index in [1.54, 1.807) is 20.1 Å². The highest BCUT2D eigenvalue weighted by Gasteiger charge is 2.08. The molecular weight excluding hydrogens is 262 g/mol. The van der Waals surface area contributed by atoms with Crippen LogP contribution in [0.5, 0.6) is 0 Å². The summed E-state index contributed by atoms with van der Waals surface area (Å²) in [4.78, 5) is 8.27. The molecule has 0 spiro atoms. The van der Waals surface area contributed by atoms with Crippen LogP contribution in [0.3, 0.4) is 0 Å². The number of aryl methyl sites for hydroxylation is 1. The van der Waals surface area contributed by atoms with E-state index in [9.17, 15) is 0 Å². The highest BCUT2D eigenvalue weighted by atomic mass is 79.9. The van der Waals surface area contributed by atoms with E-state index in [1.165, 1.54) is 0 Å². The number of hydrogen-bond acceptors (Lipinski definition) is 5. The fourth-order valence-electron chi connectivity index (χ4n) is 1.16. The first-order valence-electron chi connectivity index (χ1n) is 4.53. The lowest BCUT2D eigenvalue weighted by atomic mass is 10.3. The van der Waals surface area contributed by atoms with Crippen LogP contribution in [0.15, 0.2) is 10.7 Å². The molecule has 2 N–H and O–H groups in total. The molecule has 0 aliphatic carbocycles. The molecule has 1 aromatic heterocycles. The fraction of sp³-hybridized carbons (Fsp3) is 0.556. The van der Waals surface area contributed by atoms with E-state index in [4.69, 9.17) is 9.84 Å². The minimum absolute atomic E-state index is 0.00545. The van der Waals surface area contributed by atoms with Gasteiger partial charge in [0, 0.05) is 13.2 Å². The zero-order valence-corrected chi connectivity index (χ0v) is 10.3. The molecule has 0 amide bonds. The Labute approximate surface area is 97.0 Å². The summed E-state index contributed by atoms with van der Waals surface area (Å²) in [6, 6.07) is 1.60. The van der Waals surface area contributed by atoms with E-state index in [2.05, 4.69) is 31.2 Å². The molecule has 1 unspecified atom stereocenters. The normalized spacial score (nSPS) is 12.5. The van der Waals surface area contributed by atoms with Gasteiger partial charge in [0.25, 0.3) is 0 Å². The Morgan fingerprint density at radius 2 is 2.33 bits per heavy atom. The van der Waals surface area contributed by atoms with Crippen molar-refractivity contribution < 1.29 is 9.84 Å². The number of hydrogen-bond donors (Lipinski definition) is 2. The lowest BCUT2D eigenvalue weighted by Crippen LogP contribution is -2.29. The van der Waals surface area contributed by atoms with Crippen LogP contribution in [0.25, 0.3) is 0 Å². The summed E-state index contributed by atoms with van der Waals surface area (Å²) in [6.45, 7) is 2.23. The Balaban J connectivity index is 2.69. The third-order valence-corrected chi connectivity index (χ3v) is 2.15. The summed E-state index contributed by atoms with van der Waals surface area (Å²) in [5, 5.41) is 12.1. The monoisotopic (exact) mass is 275 g/mol. The minimum atomic E-state index is -0.156. The third kappa shape index (κ3) is 4.11. The van der Waals surface area contributed by atoms with Crippen molar-refractivity contribution in [1.82, 2.24) is 9.97 Å². The van der Waals surface area contributed by atoms with Crippen molar-refractivity contribution in [2.24, 2.45) is 0 Å². The Morgan fingerprint density at radius 1 is 1.60 bits per heavy atom. The predicted octanol–water partition coefficient (Wildman–Crippen LogP) is 0.967. The van der Waals surface area contributed by atoms with Crippen LogP contribution in [0.2, 0.25) is 0 Å². The van der Waals surface area contributed by atoms with Gasteiger partial charge in [-0.3, -0.25) is 0 Å². The third-order valence-electron chi connectivity index (χ3n) is 1.75. The molecule has 0 bridgehead atoms. The molecule has 5 nitrogen and oxygen atoms in total. The molecule has 0 saturated heterocycles. The van der Waals surface area contributed by atoms with Crippen LogP contribution in [0, 0.1) is 6.92 Å². The summed E-state index contributed by atoms with van der Waals surface area (Å²) in [6.07, 6.45) is 0. The van der Waals surface area contributed by atoms with Crippen LogP contribution < -0.4 is 5.32 Å². The van der Waals surface area contributed by atoms with Crippen LogP contribution in [0.1, 0.15) is 5.82 Å². The van der Waals surface area contributed by atoms with Gasteiger partial charge in [0.05, 0.1) is 19.3 Å². The van der Waals surface area contributed by atoms with E-state index >= 15 is 0 Å². The quantitative estimate of drug-likeness (QED) is 0.784. The number of halogens is 1. The Morgan fingerprint density at radius 3 is 2.87 bits per heavy atom. The number of nitrogens with zero attached hydrogens (tertiary/aromatic N) is 2. The average Bonchev–Trinajstić information content (AvgIpc) is 2.15. The molecule has 0 saturated carbocycles. The number of aromatic nitrogens is 2. The molecule has 1 atom stereocenters. The molecule has 0 aromatic carbocycles. The summed E-state index contributed by atoms with van der Waals surface area (Å²) in [7, 11) is 1.59. The van der Waals surface area contributed by atoms with Crippen molar-refractivity contribution in [3.63, 3.8) is 0 Å². The van der Waals surface area contributed by atoms with Gasteiger partial charge >= 0.3 is 0 Å². The Kier molecular flexibility index (Phi) is 4.93. The van der Waals surface area contributed by atoms with Crippen molar-refractivity contribution in [2.45, 2.75) is 13.0 Å². The highest BCUT2D eigenvalue weighted by Crippen LogP contribution is 2.12. The molecule has 84 valence electrons. The number of anilines is 1. The summed E-state index contributed by atoms with van der Waals surface area (Å²) in [5.41, 5.74) is 0. The number of aliphatic hydroxyl groups excluding tert-OH is 1. The molecule has 0 fully saturated rings. The number of nitrogens with one attached hydrogen (secondary N) is 1. The SMILES string of the molecule is COCC(CO)Nc1cc(Br)nc(C)n1. The van der Waals surface area contributed by atoms with Crippen molar-refractivity contribution in [3.8, 4) is 0 Å². The van der Waals surface area contributed by atoms with E-state index in [0.29, 0.717) is 22.9 Å². The van der Waals surface area contributed by atoms with Crippen molar-refractivity contribution in [3.05, 3.63) is 16.5 Å². The first-order valence-corrected chi connectivity index (χ1v) is 5.32. The summed E-state index contributed by atoms with van der Waals surface area (Å²) in [5.74, 6) is 1.34. The molecule has 1 aromatic rings. The largest absolute Gasteiger partial charge is 0.394 e. The Hall–Kier alpha value is -0.720. The van der Waals surface area contributed by atoms with Gasteiger partial charge < -0.3 is 15.2 Å². The van der Waals surface area contributed by atoms with Gasteiger partial charge in [0.2, 0.25) is 0 Å². The van der Waals surface area contributed by atoms with Crippen LogP contribution in [0.4, 0.5) is 5.82 Å². The van der Waals surface area contributed by atoms with E-state index in [0.717, 1.165) is 0 Å². The predicted molar refractivity (Wildman–Crippen MR) is 60.8 cm³/mol. The highest BCUT2D eigenvalue weighted by molar-refractivity contribution is 9.10. The number of methoxy groups -OCH3 is 1.